The highest BCUT2D eigenvalue weighted by atomic mass is 16.5. The molecule has 7 heteroatoms. The lowest BCUT2D eigenvalue weighted by molar-refractivity contribution is -0.00279. The molecule has 0 saturated carbocycles. The zero-order valence-electron chi connectivity index (χ0n) is 16.6. The third kappa shape index (κ3) is 4.74. The molecule has 0 amide bonds. The summed E-state index contributed by atoms with van der Waals surface area (Å²) < 4.78 is 12.9. The average molecular weight is 369 g/mol. The number of nitrogens with one attached hydrogen (secondary N) is 1. The zero-order chi connectivity index (χ0) is 19.4. The van der Waals surface area contributed by atoms with Gasteiger partial charge >= 0.3 is 0 Å². The van der Waals surface area contributed by atoms with Crippen LogP contribution in [0.15, 0.2) is 30.6 Å². The van der Waals surface area contributed by atoms with Gasteiger partial charge in [-0.25, -0.2) is 14.5 Å². The zero-order valence-corrected chi connectivity index (χ0v) is 16.6. The summed E-state index contributed by atoms with van der Waals surface area (Å²) in [4.78, 5) is 9.17. The molecule has 3 aromatic rings. The second kappa shape index (κ2) is 7.92. The van der Waals surface area contributed by atoms with Crippen LogP contribution in [0.4, 0.5) is 5.82 Å². The molecule has 0 radical (unpaired) electrons. The smallest absolute Gasteiger partial charge is 0.221 e. The van der Waals surface area contributed by atoms with Crippen LogP contribution in [-0.2, 0) is 4.74 Å². The van der Waals surface area contributed by atoms with Gasteiger partial charge in [0.05, 0.1) is 24.5 Å². The summed E-state index contributed by atoms with van der Waals surface area (Å²) in [6, 6.07) is 5.86. The van der Waals surface area contributed by atoms with Gasteiger partial charge in [0, 0.05) is 30.6 Å². The third-order valence-corrected chi connectivity index (χ3v) is 4.01. The van der Waals surface area contributed by atoms with Crippen LogP contribution in [0.1, 0.15) is 32.9 Å². The van der Waals surface area contributed by atoms with Crippen LogP contribution in [0.25, 0.3) is 16.8 Å². The van der Waals surface area contributed by atoms with E-state index in [1.165, 1.54) is 0 Å². The van der Waals surface area contributed by atoms with Crippen molar-refractivity contribution in [1.82, 2.24) is 19.6 Å². The summed E-state index contributed by atoms with van der Waals surface area (Å²) in [7, 11) is 1.62. The van der Waals surface area contributed by atoms with Crippen molar-refractivity contribution in [2.24, 2.45) is 0 Å². The van der Waals surface area contributed by atoms with Gasteiger partial charge < -0.3 is 14.8 Å². The molecule has 0 bridgehead atoms. The van der Waals surface area contributed by atoms with E-state index >= 15 is 0 Å². The largest absolute Gasteiger partial charge is 0.481 e. The van der Waals surface area contributed by atoms with Crippen molar-refractivity contribution < 1.29 is 9.47 Å². The van der Waals surface area contributed by atoms with Crippen molar-refractivity contribution in [3.8, 4) is 17.0 Å². The molecule has 0 unspecified atom stereocenters. The Kier molecular flexibility index (Phi) is 5.60. The maximum Gasteiger partial charge on any atom is 0.221 e. The number of rotatable bonds is 7. The lowest BCUT2D eigenvalue weighted by atomic mass is 10.1. The molecule has 144 valence electrons. The summed E-state index contributed by atoms with van der Waals surface area (Å²) in [5, 5.41) is 7.74. The van der Waals surface area contributed by atoms with E-state index < -0.39 is 0 Å². The van der Waals surface area contributed by atoms with Gasteiger partial charge in [-0.15, -0.1) is 0 Å². The van der Waals surface area contributed by atoms with Gasteiger partial charge in [0.25, 0.3) is 0 Å². The lowest BCUT2D eigenvalue weighted by Crippen LogP contribution is -2.20. The Balaban J connectivity index is 1.77. The van der Waals surface area contributed by atoms with Crippen LogP contribution in [-0.4, -0.2) is 45.4 Å². The summed E-state index contributed by atoms with van der Waals surface area (Å²) in [6.07, 6.45) is 4.60. The van der Waals surface area contributed by atoms with Gasteiger partial charge in [-0.1, -0.05) is 0 Å². The van der Waals surface area contributed by atoms with Gasteiger partial charge in [0.15, 0.2) is 5.65 Å². The van der Waals surface area contributed by atoms with Gasteiger partial charge in [0.2, 0.25) is 5.88 Å². The first-order valence-corrected chi connectivity index (χ1v) is 9.11. The molecule has 0 aliphatic carbocycles. The quantitative estimate of drug-likeness (QED) is 0.640. The van der Waals surface area contributed by atoms with Crippen molar-refractivity contribution in [3.05, 3.63) is 36.3 Å². The maximum atomic E-state index is 5.74. The molecule has 3 rings (SSSR count). The van der Waals surface area contributed by atoms with Gasteiger partial charge in [-0.2, -0.15) is 5.10 Å². The first-order chi connectivity index (χ1) is 12.9. The normalized spacial score (nSPS) is 11.7. The third-order valence-electron chi connectivity index (χ3n) is 4.01. The summed E-state index contributed by atoms with van der Waals surface area (Å²) in [6.45, 7) is 9.62. The predicted molar refractivity (Wildman–Crippen MR) is 106 cm³/mol. The first-order valence-electron chi connectivity index (χ1n) is 9.11. The number of methoxy groups -OCH3 is 1. The monoisotopic (exact) mass is 369 g/mol. The lowest BCUT2D eigenvalue weighted by Gasteiger charge is -2.19. The molecule has 3 aromatic heterocycles. The van der Waals surface area contributed by atoms with Crippen molar-refractivity contribution in [2.75, 3.05) is 25.6 Å². The highest BCUT2D eigenvalue weighted by Gasteiger charge is 2.15. The number of ether oxygens (including phenoxy) is 2. The standard InChI is InChI=1S/C20H27N5O2/c1-14-7-8-15(19(23-14)26-5)16-13-22-25-11-9-17(24-18(16)25)21-10-6-12-27-20(2,3)4/h7-9,11,13H,6,10,12H2,1-5H3,(H,21,24). The summed E-state index contributed by atoms with van der Waals surface area (Å²) in [5.41, 5.74) is 3.32. The number of hydrogen-bond donors (Lipinski definition) is 1. The van der Waals surface area contributed by atoms with Crippen LogP contribution in [0.5, 0.6) is 5.88 Å². The minimum atomic E-state index is -0.106. The number of hydrogen-bond acceptors (Lipinski definition) is 6. The molecule has 27 heavy (non-hydrogen) atoms. The van der Waals surface area contributed by atoms with E-state index in [9.17, 15) is 0 Å². The van der Waals surface area contributed by atoms with E-state index in [1.807, 2.05) is 31.3 Å². The van der Waals surface area contributed by atoms with Crippen molar-refractivity contribution in [1.29, 1.82) is 0 Å². The average Bonchev–Trinajstić information content (AvgIpc) is 3.03. The maximum absolute atomic E-state index is 5.74. The predicted octanol–water partition coefficient (Wildman–Crippen LogP) is 3.73. The second-order valence-corrected chi connectivity index (χ2v) is 7.39. The minimum absolute atomic E-state index is 0.106. The molecular formula is C20H27N5O2. The van der Waals surface area contributed by atoms with Gasteiger partial charge in [0.1, 0.15) is 5.82 Å². The Bertz CT molecular complexity index is 914. The molecule has 0 aliphatic heterocycles. The molecule has 0 fully saturated rings. The van der Waals surface area contributed by atoms with Crippen molar-refractivity contribution >= 4 is 11.5 Å². The fraction of sp³-hybridized carbons (Fsp3) is 0.450. The Morgan fingerprint density at radius 2 is 1.93 bits per heavy atom. The highest BCUT2D eigenvalue weighted by molar-refractivity contribution is 5.80. The number of nitrogens with zero attached hydrogens (tertiary/aromatic N) is 4. The van der Waals surface area contributed by atoms with Crippen LogP contribution in [0.3, 0.4) is 0 Å². The van der Waals surface area contributed by atoms with Crippen molar-refractivity contribution in [3.63, 3.8) is 0 Å². The fourth-order valence-corrected chi connectivity index (χ4v) is 2.72. The number of aromatic nitrogens is 4. The number of anilines is 1. The van der Waals surface area contributed by atoms with E-state index in [-0.39, 0.29) is 5.60 Å². The van der Waals surface area contributed by atoms with E-state index in [4.69, 9.17) is 14.5 Å². The molecule has 0 saturated heterocycles. The van der Waals surface area contributed by atoms with E-state index in [0.717, 1.165) is 41.3 Å². The highest BCUT2D eigenvalue weighted by Crippen LogP contribution is 2.31. The number of pyridine rings is 1. The Labute approximate surface area is 159 Å². The molecular weight excluding hydrogens is 342 g/mol. The molecule has 1 N–H and O–H groups in total. The van der Waals surface area contributed by atoms with E-state index in [0.29, 0.717) is 12.5 Å². The Morgan fingerprint density at radius 1 is 1.11 bits per heavy atom. The molecule has 0 spiro atoms. The van der Waals surface area contributed by atoms with Crippen LogP contribution in [0.2, 0.25) is 0 Å². The minimum Gasteiger partial charge on any atom is -0.481 e. The van der Waals surface area contributed by atoms with E-state index in [2.05, 4.69) is 36.2 Å². The van der Waals surface area contributed by atoms with Gasteiger partial charge in [-0.05, 0) is 52.3 Å². The van der Waals surface area contributed by atoms with Crippen LogP contribution in [0, 0.1) is 6.92 Å². The first kappa shape index (κ1) is 19.1. The SMILES string of the molecule is COc1nc(C)ccc1-c1cnn2ccc(NCCCOC(C)(C)C)nc12. The Hall–Kier alpha value is -2.67. The number of fused-ring (bicyclic) bond motifs is 1. The van der Waals surface area contributed by atoms with E-state index in [1.54, 1.807) is 17.8 Å². The van der Waals surface area contributed by atoms with Crippen LogP contribution >= 0.6 is 0 Å². The van der Waals surface area contributed by atoms with Crippen LogP contribution < -0.4 is 10.1 Å². The topological polar surface area (TPSA) is 73.6 Å². The fourth-order valence-electron chi connectivity index (χ4n) is 2.72. The molecule has 0 aromatic carbocycles. The molecule has 3 heterocycles. The second-order valence-electron chi connectivity index (χ2n) is 7.39. The summed E-state index contributed by atoms with van der Waals surface area (Å²) in [5.74, 6) is 1.38. The van der Waals surface area contributed by atoms with Crippen molar-refractivity contribution in [2.45, 2.75) is 39.7 Å². The van der Waals surface area contributed by atoms with Gasteiger partial charge in [-0.3, -0.25) is 0 Å². The summed E-state index contributed by atoms with van der Waals surface area (Å²) >= 11 is 0. The Morgan fingerprint density at radius 3 is 2.67 bits per heavy atom. The number of aryl methyl sites for hydroxylation is 1. The molecule has 0 aliphatic rings. The molecule has 0 atom stereocenters. The molecule has 7 nitrogen and oxygen atoms in total.